The van der Waals surface area contributed by atoms with Crippen LogP contribution in [0.15, 0.2) is 42.6 Å². The average molecular weight is 355 g/mol. The van der Waals surface area contributed by atoms with Crippen molar-refractivity contribution in [2.75, 3.05) is 24.5 Å². The van der Waals surface area contributed by atoms with Gasteiger partial charge in [0.2, 0.25) is 0 Å². The molecule has 2 aromatic rings. The monoisotopic (exact) mass is 355 g/mol. The maximum atomic E-state index is 13.0. The summed E-state index contributed by atoms with van der Waals surface area (Å²) >= 11 is 0. The molecule has 0 radical (unpaired) electrons. The first-order valence-electron chi connectivity index (χ1n) is 8.97. The number of halogens is 1. The summed E-state index contributed by atoms with van der Waals surface area (Å²) in [5.74, 6) is 1.19. The SMILES string of the molecule is O=C(O)NCC1CC2(CCN(c3ccc(-c4ccc(F)cc4)cn3)C2)C1. The van der Waals surface area contributed by atoms with Crippen LogP contribution in [0.4, 0.5) is 15.0 Å². The third-order valence-corrected chi connectivity index (χ3v) is 5.67. The lowest BCUT2D eigenvalue weighted by Crippen LogP contribution is -2.44. The van der Waals surface area contributed by atoms with Gasteiger partial charge in [0.05, 0.1) is 0 Å². The number of carboxylic acid groups (broad SMARTS) is 1. The van der Waals surface area contributed by atoms with E-state index in [9.17, 15) is 9.18 Å². The number of rotatable bonds is 4. The molecule has 1 spiro atoms. The molecule has 0 bridgehead atoms. The maximum absolute atomic E-state index is 13.0. The molecule has 1 aliphatic carbocycles. The second kappa shape index (κ2) is 6.59. The van der Waals surface area contributed by atoms with E-state index in [2.05, 4.69) is 15.2 Å². The van der Waals surface area contributed by atoms with Gasteiger partial charge in [0.15, 0.2) is 0 Å². The predicted octanol–water partition coefficient (Wildman–Crippen LogP) is 3.76. The maximum Gasteiger partial charge on any atom is 0.404 e. The molecule has 1 saturated heterocycles. The van der Waals surface area contributed by atoms with E-state index in [1.807, 2.05) is 18.3 Å². The molecule has 0 unspecified atom stereocenters. The summed E-state index contributed by atoms with van der Waals surface area (Å²) in [6.45, 7) is 2.53. The molecule has 1 aromatic heterocycles. The normalized spacial score (nSPS) is 24.5. The van der Waals surface area contributed by atoms with Gasteiger partial charge in [0.1, 0.15) is 11.6 Å². The van der Waals surface area contributed by atoms with Gasteiger partial charge < -0.3 is 15.3 Å². The molecule has 2 N–H and O–H groups in total. The van der Waals surface area contributed by atoms with E-state index < -0.39 is 6.09 Å². The summed E-state index contributed by atoms with van der Waals surface area (Å²) in [7, 11) is 0. The number of carbonyl (C=O) groups is 1. The molecule has 2 aliphatic rings. The summed E-state index contributed by atoms with van der Waals surface area (Å²) in [5, 5.41) is 11.2. The summed E-state index contributed by atoms with van der Waals surface area (Å²) in [5.41, 5.74) is 2.25. The van der Waals surface area contributed by atoms with Gasteiger partial charge >= 0.3 is 6.09 Å². The number of hydrogen-bond donors (Lipinski definition) is 2. The second-order valence-electron chi connectivity index (χ2n) is 7.54. The van der Waals surface area contributed by atoms with Gasteiger partial charge in [-0.15, -0.1) is 0 Å². The van der Waals surface area contributed by atoms with E-state index in [1.54, 1.807) is 12.1 Å². The summed E-state index contributed by atoms with van der Waals surface area (Å²) in [6, 6.07) is 10.5. The topological polar surface area (TPSA) is 65.5 Å². The number of amides is 1. The number of benzene rings is 1. The fraction of sp³-hybridized carbons (Fsp3) is 0.400. The molecule has 1 aromatic carbocycles. The lowest BCUT2D eigenvalue weighted by molar-refractivity contribution is 0.0775. The van der Waals surface area contributed by atoms with Gasteiger partial charge in [0, 0.05) is 31.4 Å². The van der Waals surface area contributed by atoms with Crippen molar-refractivity contribution in [2.45, 2.75) is 19.3 Å². The Hall–Kier alpha value is -2.63. The standard InChI is InChI=1S/C20H22FN3O2/c21-17-4-1-15(2-5-17)16-3-6-18(22-12-16)24-8-7-20(13-24)9-14(10-20)11-23-19(25)26/h1-6,12,14,23H,7-11,13H2,(H,25,26). The Bertz CT molecular complexity index is 786. The Kier molecular flexibility index (Phi) is 4.26. The minimum atomic E-state index is -0.940. The molecule has 6 heteroatoms. The minimum absolute atomic E-state index is 0.238. The van der Waals surface area contributed by atoms with Crippen molar-refractivity contribution in [1.29, 1.82) is 0 Å². The Balaban J connectivity index is 1.36. The van der Waals surface area contributed by atoms with Crippen LogP contribution in [0.2, 0.25) is 0 Å². The number of hydrogen-bond acceptors (Lipinski definition) is 3. The molecule has 26 heavy (non-hydrogen) atoms. The van der Waals surface area contributed by atoms with Crippen molar-refractivity contribution in [1.82, 2.24) is 10.3 Å². The van der Waals surface area contributed by atoms with Gasteiger partial charge in [0.25, 0.3) is 0 Å². The first kappa shape index (κ1) is 16.8. The molecule has 1 amide bonds. The smallest absolute Gasteiger partial charge is 0.404 e. The van der Waals surface area contributed by atoms with Crippen molar-refractivity contribution in [3.63, 3.8) is 0 Å². The highest BCUT2D eigenvalue weighted by Crippen LogP contribution is 2.52. The lowest BCUT2D eigenvalue weighted by atomic mass is 9.61. The van der Waals surface area contributed by atoms with Crippen molar-refractivity contribution in [3.05, 3.63) is 48.4 Å². The Morgan fingerprint density at radius 3 is 2.62 bits per heavy atom. The molecule has 5 nitrogen and oxygen atoms in total. The number of nitrogens with zero attached hydrogens (tertiary/aromatic N) is 2. The van der Waals surface area contributed by atoms with Crippen LogP contribution in [0.1, 0.15) is 19.3 Å². The molecular weight excluding hydrogens is 333 g/mol. The van der Waals surface area contributed by atoms with E-state index in [1.165, 1.54) is 12.1 Å². The first-order chi connectivity index (χ1) is 12.5. The first-order valence-corrected chi connectivity index (χ1v) is 8.97. The van der Waals surface area contributed by atoms with Crippen LogP contribution < -0.4 is 10.2 Å². The van der Waals surface area contributed by atoms with Crippen molar-refractivity contribution < 1.29 is 14.3 Å². The Labute approximate surface area is 151 Å². The van der Waals surface area contributed by atoms with Crippen LogP contribution in [0.3, 0.4) is 0 Å². The van der Waals surface area contributed by atoms with Crippen LogP contribution >= 0.6 is 0 Å². The molecule has 1 saturated carbocycles. The zero-order valence-electron chi connectivity index (χ0n) is 14.5. The van der Waals surface area contributed by atoms with Gasteiger partial charge in [-0.2, -0.15) is 0 Å². The zero-order chi connectivity index (χ0) is 18.1. The second-order valence-corrected chi connectivity index (χ2v) is 7.54. The highest BCUT2D eigenvalue weighted by Gasteiger charge is 2.48. The number of aromatic nitrogens is 1. The molecule has 136 valence electrons. The summed E-state index contributed by atoms with van der Waals surface area (Å²) in [6.07, 6.45) is 4.20. The lowest BCUT2D eigenvalue weighted by Gasteiger charge is -2.45. The summed E-state index contributed by atoms with van der Waals surface area (Å²) < 4.78 is 13.0. The Morgan fingerprint density at radius 1 is 1.23 bits per heavy atom. The molecule has 2 fully saturated rings. The minimum Gasteiger partial charge on any atom is -0.465 e. The highest BCUT2D eigenvalue weighted by molar-refractivity contribution is 5.64. The van der Waals surface area contributed by atoms with E-state index >= 15 is 0 Å². The largest absolute Gasteiger partial charge is 0.465 e. The average Bonchev–Trinajstić information content (AvgIpc) is 3.05. The van der Waals surface area contributed by atoms with Crippen LogP contribution in [-0.2, 0) is 0 Å². The number of pyridine rings is 1. The van der Waals surface area contributed by atoms with Gasteiger partial charge in [-0.05, 0) is 60.4 Å². The quantitative estimate of drug-likeness (QED) is 0.876. The Morgan fingerprint density at radius 2 is 1.96 bits per heavy atom. The third-order valence-electron chi connectivity index (χ3n) is 5.67. The predicted molar refractivity (Wildman–Crippen MR) is 97.6 cm³/mol. The fourth-order valence-electron chi connectivity index (χ4n) is 4.39. The van der Waals surface area contributed by atoms with Gasteiger partial charge in [-0.1, -0.05) is 12.1 Å². The number of anilines is 1. The molecule has 4 rings (SSSR count). The van der Waals surface area contributed by atoms with Gasteiger partial charge in [-0.3, -0.25) is 0 Å². The van der Waals surface area contributed by atoms with Crippen LogP contribution in [-0.4, -0.2) is 35.8 Å². The molecular formula is C20H22FN3O2. The van der Waals surface area contributed by atoms with Crippen molar-refractivity contribution >= 4 is 11.9 Å². The van der Waals surface area contributed by atoms with E-state index in [0.29, 0.717) is 17.9 Å². The van der Waals surface area contributed by atoms with E-state index in [-0.39, 0.29) is 5.82 Å². The molecule has 0 atom stereocenters. The highest BCUT2D eigenvalue weighted by atomic mass is 19.1. The molecule has 2 heterocycles. The zero-order valence-corrected chi connectivity index (χ0v) is 14.5. The van der Waals surface area contributed by atoms with Gasteiger partial charge in [-0.25, -0.2) is 14.2 Å². The van der Waals surface area contributed by atoms with E-state index in [0.717, 1.165) is 49.3 Å². The fourth-order valence-corrected chi connectivity index (χ4v) is 4.39. The molecule has 1 aliphatic heterocycles. The van der Waals surface area contributed by atoms with Crippen LogP contribution in [0.5, 0.6) is 0 Å². The van der Waals surface area contributed by atoms with Crippen LogP contribution in [0, 0.1) is 17.2 Å². The van der Waals surface area contributed by atoms with Crippen LogP contribution in [0.25, 0.3) is 11.1 Å². The third kappa shape index (κ3) is 3.36. The van der Waals surface area contributed by atoms with E-state index in [4.69, 9.17) is 5.11 Å². The van der Waals surface area contributed by atoms with Crippen molar-refractivity contribution in [2.24, 2.45) is 11.3 Å². The number of nitrogens with one attached hydrogen (secondary N) is 1. The summed E-state index contributed by atoms with van der Waals surface area (Å²) in [4.78, 5) is 17.5. The van der Waals surface area contributed by atoms with Crippen molar-refractivity contribution in [3.8, 4) is 11.1 Å².